The van der Waals surface area contributed by atoms with Crippen LogP contribution >= 0.6 is 0 Å². The zero-order valence-corrected chi connectivity index (χ0v) is 5.50. The molecule has 1 aliphatic heterocycles. The summed E-state index contributed by atoms with van der Waals surface area (Å²) in [5.41, 5.74) is 1.13. The summed E-state index contributed by atoms with van der Waals surface area (Å²) in [4.78, 5) is 0. The fourth-order valence-electron chi connectivity index (χ4n) is 1.04. The maximum Gasteiger partial charge on any atom is 0.159 e. The van der Waals surface area contributed by atoms with Crippen molar-refractivity contribution in [3.63, 3.8) is 0 Å². The normalized spacial score (nSPS) is 15.6. The number of rotatable bonds is 0. The molecule has 1 aromatic rings. The minimum Gasteiger partial charge on any atom is -0.491 e. The van der Waals surface area contributed by atoms with Crippen LogP contribution in [0.5, 0.6) is 5.75 Å². The summed E-state index contributed by atoms with van der Waals surface area (Å²) in [5, 5.41) is 7.31. The summed E-state index contributed by atoms with van der Waals surface area (Å²) in [6.07, 6.45) is 6.57. The van der Waals surface area contributed by atoms with Crippen LogP contribution in [0.3, 0.4) is 0 Å². The number of fused-ring (bicyclic) bond motifs is 1. The Hall–Kier alpha value is -1.12. The smallest absolute Gasteiger partial charge is 0.159 e. The van der Waals surface area contributed by atoms with E-state index in [0.29, 0.717) is 0 Å². The van der Waals surface area contributed by atoms with Crippen LogP contribution in [0.15, 0.2) is 6.20 Å². The molecular weight excluding hydrogens is 128 g/mol. The predicted octanol–water partition coefficient (Wildman–Crippen LogP) is 0.602. The SMILES string of the molecule is [c]1nncc2c1OCCC2. The number of aromatic nitrogens is 2. The maximum atomic E-state index is 5.27. The van der Waals surface area contributed by atoms with Crippen molar-refractivity contribution in [3.05, 3.63) is 18.0 Å². The van der Waals surface area contributed by atoms with Crippen LogP contribution in [0.4, 0.5) is 0 Å². The summed E-state index contributed by atoms with van der Waals surface area (Å²) < 4.78 is 5.27. The first kappa shape index (κ1) is 5.65. The summed E-state index contributed by atoms with van der Waals surface area (Å²) in [6.45, 7) is 0.787. The van der Waals surface area contributed by atoms with Crippen LogP contribution in [0, 0.1) is 6.20 Å². The van der Waals surface area contributed by atoms with Gasteiger partial charge in [0.2, 0.25) is 0 Å². The van der Waals surface area contributed by atoms with Crippen LogP contribution in [0.25, 0.3) is 0 Å². The second-order valence-corrected chi connectivity index (χ2v) is 2.26. The monoisotopic (exact) mass is 135 g/mol. The van der Waals surface area contributed by atoms with Crippen molar-refractivity contribution in [2.24, 2.45) is 0 Å². The van der Waals surface area contributed by atoms with E-state index in [2.05, 4.69) is 16.4 Å². The first-order chi connectivity index (χ1) is 4.97. The van der Waals surface area contributed by atoms with Crippen molar-refractivity contribution >= 4 is 0 Å². The van der Waals surface area contributed by atoms with E-state index in [1.165, 1.54) is 0 Å². The first-order valence-electron chi connectivity index (χ1n) is 3.32. The van der Waals surface area contributed by atoms with Crippen molar-refractivity contribution < 1.29 is 4.74 Å². The van der Waals surface area contributed by atoms with Crippen molar-refractivity contribution in [2.75, 3.05) is 6.61 Å². The van der Waals surface area contributed by atoms with Gasteiger partial charge in [0.1, 0.15) is 0 Å². The highest BCUT2D eigenvalue weighted by molar-refractivity contribution is 5.27. The molecule has 51 valence electrons. The zero-order chi connectivity index (χ0) is 6.81. The molecule has 3 nitrogen and oxygen atoms in total. The standard InChI is InChI=1S/C7H7N2O/c1-2-6-4-8-9-5-7(6)10-3-1/h4H,1-3H2. The second-order valence-electron chi connectivity index (χ2n) is 2.26. The molecule has 1 aliphatic rings. The van der Waals surface area contributed by atoms with Crippen molar-refractivity contribution in [3.8, 4) is 5.75 Å². The van der Waals surface area contributed by atoms with Crippen LogP contribution < -0.4 is 4.74 Å². The predicted molar refractivity (Wildman–Crippen MR) is 34.7 cm³/mol. The van der Waals surface area contributed by atoms with Crippen molar-refractivity contribution in [1.82, 2.24) is 10.2 Å². The van der Waals surface area contributed by atoms with Gasteiger partial charge in [0.15, 0.2) is 11.9 Å². The molecule has 1 radical (unpaired) electrons. The molecule has 0 spiro atoms. The average Bonchev–Trinajstić information content (AvgIpc) is 2.05. The Morgan fingerprint density at radius 1 is 1.60 bits per heavy atom. The van der Waals surface area contributed by atoms with Gasteiger partial charge >= 0.3 is 0 Å². The van der Waals surface area contributed by atoms with E-state index in [0.717, 1.165) is 30.8 Å². The Bertz CT molecular complexity index is 212. The minimum absolute atomic E-state index is 0.779. The number of nitrogens with zero attached hydrogens (tertiary/aromatic N) is 2. The molecule has 0 fully saturated rings. The molecule has 0 atom stereocenters. The molecular formula is C7H7N2O. The molecule has 0 aromatic carbocycles. The Morgan fingerprint density at radius 3 is 3.50 bits per heavy atom. The van der Waals surface area contributed by atoms with Gasteiger partial charge in [-0.25, -0.2) is 0 Å². The van der Waals surface area contributed by atoms with E-state index >= 15 is 0 Å². The van der Waals surface area contributed by atoms with Gasteiger partial charge in [-0.2, -0.15) is 5.10 Å². The lowest BCUT2D eigenvalue weighted by Crippen LogP contribution is -2.09. The lowest BCUT2D eigenvalue weighted by Gasteiger charge is -2.13. The third-order valence-electron chi connectivity index (χ3n) is 1.55. The Morgan fingerprint density at radius 2 is 2.60 bits per heavy atom. The number of ether oxygens (including phenoxy) is 1. The topological polar surface area (TPSA) is 35.0 Å². The lowest BCUT2D eigenvalue weighted by atomic mass is 10.1. The largest absolute Gasteiger partial charge is 0.491 e. The molecule has 0 saturated heterocycles. The average molecular weight is 135 g/mol. The first-order valence-corrected chi connectivity index (χ1v) is 3.32. The maximum absolute atomic E-state index is 5.27. The fourth-order valence-corrected chi connectivity index (χ4v) is 1.04. The van der Waals surface area contributed by atoms with Gasteiger partial charge in [0.05, 0.1) is 12.8 Å². The van der Waals surface area contributed by atoms with Crippen LogP contribution in [-0.4, -0.2) is 16.8 Å². The Kier molecular flexibility index (Phi) is 1.27. The minimum atomic E-state index is 0.779. The molecule has 3 heteroatoms. The zero-order valence-electron chi connectivity index (χ0n) is 5.50. The van der Waals surface area contributed by atoms with Gasteiger partial charge in [0, 0.05) is 5.56 Å². The fraction of sp³-hybridized carbons (Fsp3) is 0.429. The van der Waals surface area contributed by atoms with Crippen molar-refractivity contribution in [1.29, 1.82) is 0 Å². The van der Waals surface area contributed by atoms with Gasteiger partial charge < -0.3 is 4.74 Å². The molecule has 0 N–H and O–H groups in total. The molecule has 2 heterocycles. The highest BCUT2D eigenvalue weighted by Gasteiger charge is 2.09. The number of aryl methyl sites for hydroxylation is 1. The van der Waals surface area contributed by atoms with Crippen molar-refractivity contribution in [2.45, 2.75) is 12.8 Å². The van der Waals surface area contributed by atoms with E-state index in [4.69, 9.17) is 4.74 Å². The van der Waals surface area contributed by atoms with Gasteiger partial charge in [-0.3, -0.25) is 0 Å². The quantitative estimate of drug-likeness (QED) is 0.522. The third kappa shape index (κ3) is 0.835. The molecule has 0 bridgehead atoms. The molecule has 1 aromatic heterocycles. The van der Waals surface area contributed by atoms with Crippen LogP contribution in [0.1, 0.15) is 12.0 Å². The van der Waals surface area contributed by atoms with Gasteiger partial charge in [-0.05, 0) is 12.8 Å². The van der Waals surface area contributed by atoms with E-state index in [-0.39, 0.29) is 0 Å². The molecule has 0 saturated carbocycles. The third-order valence-corrected chi connectivity index (χ3v) is 1.55. The molecule has 10 heavy (non-hydrogen) atoms. The van der Waals surface area contributed by atoms with E-state index in [1.807, 2.05) is 0 Å². The number of hydrogen-bond acceptors (Lipinski definition) is 3. The van der Waals surface area contributed by atoms with Gasteiger partial charge in [-0.15, -0.1) is 5.10 Å². The van der Waals surface area contributed by atoms with Crippen LogP contribution in [-0.2, 0) is 6.42 Å². The Labute approximate surface area is 59.0 Å². The summed E-state index contributed by atoms with van der Waals surface area (Å²) >= 11 is 0. The second kappa shape index (κ2) is 2.25. The van der Waals surface area contributed by atoms with E-state index in [1.54, 1.807) is 6.20 Å². The summed E-state index contributed by atoms with van der Waals surface area (Å²) in [7, 11) is 0. The Balaban J connectivity index is 2.41. The van der Waals surface area contributed by atoms with Gasteiger partial charge in [-0.1, -0.05) is 0 Å². The van der Waals surface area contributed by atoms with Crippen LogP contribution in [0.2, 0.25) is 0 Å². The molecule has 0 unspecified atom stereocenters. The number of hydrogen-bond donors (Lipinski definition) is 0. The molecule has 0 aliphatic carbocycles. The summed E-state index contributed by atoms with van der Waals surface area (Å²) in [6, 6.07) is 0. The molecule has 2 rings (SSSR count). The lowest BCUT2D eigenvalue weighted by molar-refractivity contribution is 0.285. The van der Waals surface area contributed by atoms with Gasteiger partial charge in [0.25, 0.3) is 0 Å². The summed E-state index contributed by atoms with van der Waals surface area (Å²) in [5.74, 6) is 0.779. The molecule has 0 amide bonds. The highest BCUT2D eigenvalue weighted by Crippen LogP contribution is 2.20. The van der Waals surface area contributed by atoms with E-state index in [9.17, 15) is 0 Å². The highest BCUT2D eigenvalue weighted by atomic mass is 16.5. The van der Waals surface area contributed by atoms with E-state index < -0.39 is 0 Å².